The lowest BCUT2D eigenvalue weighted by molar-refractivity contribution is -0.154. The highest BCUT2D eigenvalue weighted by atomic mass is 32.2. The summed E-state index contributed by atoms with van der Waals surface area (Å²) in [7, 11) is -3.83. The molecule has 1 aromatic carbocycles. The first-order valence-corrected chi connectivity index (χ1v) is 11.1. The van der Waals surface area contributed by atoms with Gasteiger partial charge in [0, 0.05) is 24.7 Å². The summed E-state index contributed by atoms with van der Waals surface area (Å²) in [6.45, 7) is 2.51. The molecule has 0 bridgehead atoms. The molecule has 2 aromatic rings. The van der Waals surface area contributed by atoms with Crippen LogP contribution >= 0.6 is 0 Å². The second kappa shape index (κ2) is 9.43. The quantitative estimate of drug-likeness (QED) is 0.693. The summed E-state index contributed by atoms with van der Waals surface area (Å²) < 4.78 is 74.0. The normalized spacial score (nSPS) is 20.0. The second-order valence-electron chi connectivity index (χ2n) is 7.35. The number of anilines is 1. The molecular formula is C20H22F3N3O5S. The van der Waals surface area contributed by atoms with E-state index in [4.69, 9.17) is 4.74 Å². The number of pyridine rings is 1. The van der Waals surface area contributed by atoms with Crippen LogP contribution in [0, 0.1) is 0 Å². The highest BCUT2D eigenvalue weighted by Gasteiger charge is 2.32. The third-order valence-corrected chi connectivity index (χ3v) is 6.33. The first-order chi connectivity index (χ1) is 14.9. The molecule has 3 rings (SSSR count). The van der Waals surface area contributed by atoms with Gasteiger partial charge in [-0.25, -0.2) is 13.4 Å². The van der Waals surface area contributed by atoms with Crippen molar-refractivity contribution in [2.45, 2.75) is 37.1 Å². The Labute approximate surface area is 183 Å². The fourth-order valence-corrected chi connectivity index (χ4v) is 4.81. The highest BCUT2D eigenvalue weighted by molar-refractivity contribution is 7.89. The van der Waals surface area contributed by atoms with Gasteiger partial charge in [-0.05, 0) is 38.1 Å². The molecule has 8 nitrogen and oxygen atoms in total. The Morgan fingerprint density at radius 2 is 1.91 bits per heavy atom. The number of benzene rings is 1. The van der Waals surface area contributed by atoms with E-state index < -0.39 is 28.7 Å². The number of ether oxygens (including phenoxy) is 2. The molecule has 0 saturated carbocycles. The van der Waals surface area contributed by atoms with Crippen LogP contribution in [0.2, 0.25) is 0 Å². The van der Waals surface area contributed by atoms with E-state index in [1.54, 1.807) is 13.8 Å². The summed E-state index contributed by atoms with van der Waals surface area (Å²) in [5.41, 5.74) is 0.302. The van der Waals surface area contributed by atoms with Gasteiger partial charge in [-0.1, -0.05) is 6.07 Å². The van der Waals surface area contributed by atoms with Crippen molar-refractivity contribution < 1.29 is 35.9 Å². The second-order valence-corrected chi connectivity index (χ2v) is 9.29. The van der Waals surface area contributed by atoms with E-state index in [2.05, 4.69) is 15.0 Å². The van der Waals surface area contributed by atoms with Crippen molar-refractivity contribution in [1.29, 1.82) is 0 Å². The third kappa shape index (κ3) is 6.17. The molecule has 0 aliphatic carbocycles. The Balaban J connectivity index is 1.70. The molecule has 0 radical (unpaired) electrons. The molecule has 1 aromatic heterocycles. The average molecular weight is 473 g/mol. The van der Waals surface area contributed by atoms with Gasteiger partial charge in [0.05, 0.1) is 29.0 Å². The number of sulfonamides is 1. The zero-order chi connectivity index (χ0) is 23.5. The van der Waals surface area contributed by atoms with Crippen LogP contribution in [0.3, 0.4) is 0 Å². The number of aromatic nitrogens is 1. The van der Waals surface area contributed by atoms with Gasteiger partial charge >= 0.3 is 6.18 Å². The molecule has 2 unspecified atom stereocenters. The van der Waals surface area contributed by atoms with Crippen LogP contribution in [0.4, 0.5) is 18.9 Å². The van der Waals surface area contributed by atoms with Crippen molar-refractivity contribution in [1.82, 2.24) is 9.29 Å². The van der Waals surface area contributed by atoms with Crippen LogP contribution in [0.15, 0.2) is 47.5 Å². The van der Waals surface area contributed by atoms with Crippen LogP contribution in [-0.2, 0) is 14.8 Å². The van der Waals surface area contributed by atoms with Gasteiger partial charge in [-0.2, -0.15) is 17.5 Å². The Kier molecular flexibility index (Phi) is 7.06. The molecule has 2 atom stereocenters. The molecule has 0 spiro atoms. The summed E-state index contributed by atoms with van der Waals surface area (Å²) in [6, 6.07) is 8.10. The first-order valence-electron chi connectivity index (χ1n) is 9.67. The zero-order valence-corrected chi connectivity index (χ0v) is 18.1. The molecule has 1 aliphatic heterocycles. The molecule has 1 saturated heterocycles. The Morgan fingerprint density at radius 3 is 2.50 bits per heavy atom. The third-order valence-electron chi connectivity index (χ3n) is 4.50. The number of carbonyl (C=O) groups is 1. The highest BCUT2D eigenvalue weighted by Crippen LogP contribution is 2.23. The number of amides is 1. The van der Waals surface area contributed by atoms with Crippen LogP contribution < -0.4 is 10.1 Å². The zero-order valence-electron chi connectivity index (χ0n) is 17.3. The molecule has 1 amide bonds. The minimum atomic E-state index is -4.49. The Bertz CT molecular complexity index is 1050. The number of morpholine rings is 1. The molecule has 12 heteroatoms. The van der Waals surface area contributed by atoms with Crippen molar-refractivity contribution in [2.75, 3.05) is 25.0 Å². The number of carbonyl (C=O) groups excluding carboxylic acids is 1. The molecule has 2 heterocycles. The summed E-state index contributed by atoms with van der Waals surface area (Å²) in [5.74, 6) is -0.848. The van der Waals surface area contributed by atoms with Gasteiger partial charge < -0.3 is 14.8 Å². The fraction of sp³-hybridized carbons (Fsp3) is 0.400. The lowest BCUT2D eigenvalue weighted by atomic mass is 10.2. The van der Waals surface area contributed by atoms with Gasteiger partial charge in [0.15, 0.2) is 6.61 Å². The number of nitrogens with one attached hydrogen (secondary N) is 1. The molecule has 1 fully saturated rings. The van der Waals surface area contributed by atoms with Gasteiger partial charge in [-0.15, -0.1) is 0 Å². The van der Waals surface area contributed by atoms with Gasteiger partial charge in [0.25, 0.3) is 5.91 Å². The van der Waals surface area contributed by atoms with Crippen LogP contribution in [0.25, 0.3) is 0 Å². The molecule has 1 N–H and O–H groups in total. The van der Waals surface area contributed by atoms with E-state index in [9.17, 15) is 26.4 Å². The lowest BCUT2D eigenvalue weighted by Crippen LogP contribution is -2.48. The van der Waals surface area contributed by atoms with E-state index in [0.717, 1.165) is 6.20 Å². The van der Waals surface area contributed by atoms with E-state index in [0.29, 0.717) is 0 Å². The molecule has 174 valence electrons. The number of hydrogen-bond acceptors (Lipinski definition) is 6. The van der Waals surface area contributed by atoms with Gasteiger partial charge in [0.2, 0.25) is 15.9 Å². The van der Waals surface area contributed by atoms with Crippen molar-refractivity contribution in [3.05, 3.63) is 48.2 Å². The van der Waals surface area contributed by atoms with E-state index in [1.807, 2.05) is 0 Å². The summed E-state index contributed by atoms with van der Waals surface area (Å²) in [6.07, 6.45) is -3.86. The maximum atomic E-state index is 13.0. The van der Waals surface area contributed by atoms with Crippen molar-refractivity contribution >= 4 is 21.6 Å². The van der Waals surface area contributed by atoms with Crippen LogP contribution in [0.1, 0.15) is 24.2 Å². The largest absolute Gasteiger partial charge is 0.468 e. The predicted molar refractivity (Wildman–Crippen MR) is 109 cm³/mol. The smallest absolute Gasteiger partial charge is 0.422 e. The topological polar surface area (TPSA) is 97.8 Å². The monoisotopic (exact) mass is 473 g/mol. The lowest BCUT2D eigenvalue weighted by Gasteiger charge is -2.34. The van der Waals surface area contributed by atoms with E-state index in [1.165, 1.54) is 40.7 Å². The average Bonchev–Trinajstić information content (AvgIpc) is 2.72. The Morgan fingerprint density at radius 1 is 1.22 bits per heavy atom. The molecular weight excluding hydrogens is 451 g/mol. The number of halogens is 3. The maximum absolute atomic E-state index is 13.0. The van der Waals surface area contributed by atoms with Crippen molar-refractivity contribution in [3.8, 4) is 5.88 Å². The number of nitrogens with zero attached hydrogens (tertiary/aromatic N) is 2. The minimum Gasteiger partial charge on any atom is -0.468 e. The van der Waals surface area contributed by atoms with Crippen molar-refractivity contribution in [3.63, 3.8) is 0 Å². The van der Waals surface area contributed by atoms with Crippen molar-refractivity contribution in [2.24, 2.45) is 0 Å². The van der Waals surface area contributed by atoms with Crippen LogP contribution in [-0.4, -0.2) is 61.7 Å². The summed E-state index contributed by atoms with van der Waals surface area (Å²) in [5, 5.41) is 2.52. The Hall–Kier alpha value is -2.70. The van der Waals surface area contributed by atoms with Gasteiger partial charge in [0.1, 0.15) is 0 Å². The van der Waals surface area contributed by atoms with E-state index in [-0.39, 0.29) is 47.3 Å². The predicted octanol–water partition coefficient (Wildman–Crippen LogP) is 3.07. The first kappa shape index (κ1) is 24.0. The van der Waals surface area contributed by atoms with Gasteiger partial charge in [-0.3, -0.25) is 4.79 Å². The number of alkyl halides is 3. The number of rotatable bonds is 6. The molecule has 1 aliphatic rings. The maximum Gasteiger partial charge on any atom is 0.422 e. The fourth-order valence-electron chi connectivity index (χ4n) is 3.17. The standard InChI is InChI=1S/C20H22F3N3O5S/c1-13-10-26(11-14(2)31-13)32(28,29)17-5-3-4-15(8-17)19(27)25-16-6-7-18(24-9-16)30-12-20(21,22)23/h3-9,13-14H,10-12H2,1-2H3,(H,25,27). The van der Waals surface area contributed by atoms with Crippen LogP contribution in [0.5, 0.6) is 5.88 Å². The number of hydrogen-bond donors (Lipinski definition) is 1. The SMILES string of the molecule is CC1CN(S(=O)(=O)c2cccc(C(=O)Nc3ccc(OCC(F)(F)F)nc3)c2)CC(C)O1. The summed E-state index contributed by atoms with van der Waals surface area (Å²) in [4.78, 5) is 16.3. The van der Waals surface area contributed by atoms with E-state index >= 15 is 0 Å². The minimum absolute atomic E-state index is 0.0273. The summed E-state index contributed by atoms with van der Waals surface area (Å²) >= 11 is 0. The molecule has 32 heavy (non-hydrogen) atoms.